The quantitative estimate of drug-likeness (QED) is 0.628. The summed E-state index contributed by atoms with van der Waals surface area (Å²) < 4.78 is 0. The summed E-state index contributed by atoms with van der Waals surface area (Å²) >= 11 is 0. The van der Waals surface area contributed by atoms with E-state index in [1.807, 2.05) is 6.92 Å². The van der Waals surface area contributed by atoms with E-state index in [0.29, 0.717) is 0 Å². The molecule has 1 heterocycles. The number of H-pyrrole nitrogens is 1. The van der Waals surface area contributed by atoms with Crippen LogP contribution in [0.5, 0.6) is 0 Å². The van der Waals surface area contributed by atoms with Crippen molar-refractivity contribution in [3.05, 3.63) is 18.2 Å². The fourth-order valence-corrected chi connectivity index (χ4v) is 0.344. The summed E-state index contributed by atoms with van der Waals surface area (Å²) in [4.78, 5) is 6.75. The predicted molar refractivity (Wildman–Crippen MR) is 34.7 cm³/mol. The maximum Gasteiger partial charge on any atom is 0.102 e. The third-order valence-corrected chi connectivity index (χ3v) is 0.635. The van der Waals surface area contributed by atoms with Gasteiger partial charge >= 0.3 is 0 Å². The van der Waals surface area contributed by atoms with Crippen molar-refractivity contribution in [3.63, 3.8) is 0 Å². The van der Waals surface area contributed by atoms with Gasteiger partial charge < -0.3 is 4.98 Å². The van der Waals surface area contributed by atoms with Crippen LogP contribution in [0.25, 0.3) is 0 Å². The maximum absolute atomic E-state index is 3.86. The smallest absolute Gasteiger partial charge is 0.102 e. The summed E-state index contributed by atoms with van der Waals surface area (Å²) in [6, 6.07) is 0. The molecule has 0 unspecified atom stereocenters. The summed E-state index contributed by atoms with van der Waals surface area (Å²) in [6.07, 6.45) is 3.53. The van der Waals surface area contributed by atoms with Gasteiger partial charge in [0.05, 0.1) is 0 Å². The Morgan fingerprint density at radius 2 is 2.25 bits per heavy atom. The summed E-state index contributed by atoms with van der Waals surface area (Å²) in [5, 5.41) is 0. The molecule has 0 bridgehead atoms. The number of imidazole rings is 1. The fraction of sp³-hybridized carbons (Fsp3) is 0.250. The number of aromatic amines is 1. The van der Waals surface area contributed by atoms with Crippen LogP contribution in [0.4, 0.5) is 0 Å². The minimum atomic E-state index is 0. The van der Waals surface area contributed by atoms with Gasteiger partial charge in [-0.25, -0.2) is 4.98 Å². The SMILES string of the molecule is Cc1ncc[nH]1.[SiH4].[W]. The molecule has 0 spiro atoms. The minimum absolute atomic E-state index is 0. The van der Waals surface area contributed by atoms with E-state index < -0.39 is 0 Å². The molecule has 8 heavy (non-hydrogen) atoms. The normalized spacial score (nSPS) is 6.62. The summed E-state index contributed by atoms with van der Waals surface area (Å²) in [7, 11) is 0. The van der Waals surface area contributed by atoms with E-state index in [9.17, 15) is 0 Å². The van der Waals surface area contributed by atoms with Crippen molar-refractivity contribution in [1.29, 1.82) is 0 Å². The Morgan fingerprint density at radius 1 is 1.62 bits per heavy atom. The third-order valence-electron chi connectivity index (χ3n) is 0.635. The second kappa shape index (κ2) is 5.26. The van der Waals surface area contributed by atoms with Crippen LogP contribution in [0.3, 0.4) is 0 Å². The first-order valence-electron chi connectivity index (χ1n) is 1.85. The minimum Gasteiger partial charge on any atom is -0.349 e. The molecule has 0 radical (unpaired) electrons. The van der Waals surface area contributed by atoms with Crippen molar-refractivity contribution in [2.24, 2.45) is 0 Å². The van der Waals surface area contributed by atoms with Gasteiger partial charge in [-0.1, -0.05) is 0 Å². The Kier molecular flexibility index (Phi) is 7.22. The van der Waals surface area contributed by atoms with E-state index in [2.05, 4.69) is 9.97 Å². The number of rotatable bonds is 0. The zero-order valence-corrected chi connectivity index (χ0v) is 6.94. The average Bonchev–Trinajstić information content (AvgIpc) is 1.86. The number of aromatic nitrogens is 2. The van der Waals surface area contributed by atoms with Gasteiger partial charge in [0.2, 0.25) is 0 Å². The van der Waals surface area contributed by atoms with Crippen molar-refractivity contribution in [2.45, 2.75) is 6.92 Å². The van der Waals surface area contributed by atoms with E-state index >= 15 is 0 Å². The molecule has 0 aromatic carbocycles. The van der Waals surface area contributed by atoms with Crippen LogP contribution in [0.1, 0.15) is 5.82 Å². The number of hydrogen-bond acceptors (Lipinski definition) is 1. The molecule has 2 nitrogen and oxygen atoms in total. The molecule has 4 heteroatoms. The van der Waals surface area contributed by atoms with Gasteiger partial charge in [0.25, 0.3) is 0 Å². The molecule has 0 aliphatic rings. The zero-order chi connectivity index (χ0) is 4.41. The van der Waals surface area contributed by atoms with Gasteiger partial charge in [-0.15, -0.1) is 0 Å². The van der Waals surface area contributed by atoms with Crippen LogP contribution >= 0.6 is 0 Å². The molecule has 1 aromatic heterocycles. The number of nitrogens with zero attached hydrogens (tertiary/aromatic N) is 1. The van der Waals surface area contributed by atoms with Gasteiger partial charge in [-0.05, 0) is 17.9 Å². The van der Waals surface area contributed by atoms with Gasteiger partial charge in [0.1, 0.15) is 5.82 Å². The molecule has 0 saturated carbocycles. The summed E-state index contributed by atoms with van der Waals surface area (Å²) in [5.41, 5.74) is 0. The molecule has 1 rings (SSSR count). The predicted octanol–water partition coefficient (Wildman–Crippen LogP) is -0.736. The first kappa shape index (κ1) is 11.0. The van der Waals surface area contributed by atoms with Crippen LogP contribution in [-0.2, 0) is 21.1 Å². The monoisotopic (exact) mass is 298 g/mol. The van der Waals surface area contributed by atoms with Gasteiger partial charge in [-0.2, -0.15) is 0 Å². The first-order chi connectivity index (χ1) is 2.89. The Morgan fingerprint density at radius 3 is 2.38 bits per heavy atom. The number of hydrogen-bond donors (Lipinski definition) is 1. The number of aryl methyl sites for hydroxylation is 1. The van der Waals surface area contributed by atoms with Crippen LogP contribution in [0.15, 0.2) is 12.4 Å². The van der Waals surface area contributed by atoms with E-state index in [4.69, 9.17) is 0 Å². The molecule has 1 aromatic rings. The standard InChI is InChI=1S/C4H6N2.H4Si.W/c1-4-5-2-3-6-4;;/h2-3H,1H3,(H,5,6);1H4;. The van der Waals surface area contributed by atoms with E-state index in [1.165, 1.54) is 0 Å². The van der Waals surface area contributed by atoms with Crippen molar-refractivity contribution >= 4 is 11.0 Å². The zero-order valence-electron chi connectivity index (χ0n) is 4.01. The molecular formula is C4H10N2SiW. The fourth-order valence-electron chi connectivity index (χ4n) is 0.344. The Hall–Kier alpha value is 0.115. The third kappa shape index (κ3) is 3.16. The molecule has 0 saturated heterocycles. The molecular weight excluding hydrogens is 288 g/mol. The summed E-state index contributed by atoms with van der Waals surface area (Å²) in [6.45, 7) is 1.92. The van der Waals surface area contributed by atoms with Crippen molar-refractivity contribution in [3.8, 4) is 0 Å². The second-order valence-corrected chi connectivity index (χ2v) is 1.17. The van der Waals surface area contributed by atoms with Crippen LogP contribution in [0.2, 0.25) is 0 Å². The Labute approximate surface area is 67.4 Å². The molecule has 0 aliphatic heterocycles. The largest absolute Gasteiger partial charge is 0.349 e. The van der Waals surface area contributed by atoms with E-state index in [1.54, 1.807) is 12.4 Å². The van der Waals surface area contributed by atoms with E-state index in [0.717, 1.165) is 5.82 Å². The number of nitrogens with one attached hydrogen (secondary N) is 1. The molecule has 1 N–H and O–H groups in total. The first-order valence-corrected chi connectivity index (χ1v) is 1.85. The molecule has 46 valence electrons. The van der Waals surface area contributed by atoms with E-state index in [-0.39, 0.29) is 32.0 Å². The molecule has 0 atom stereocenters. The molecule has 0 amide bonds. The van der Waals surface area contributed by atoms with Crippen molar-refractivity contribution in [2.75, 3.05) is 0 Å². The van der Waals surface area contributed by atoms with Gasteiger partial charge in [-0.3, -0.25) is 0 Å². The Balaban J connectivity index is 0. The molecule has 0 aliphatic carbocycles. The van der Waals surface area contributed by atoms with Gasteiger partial charge in [0.15, 0.2) is 0 Å². The summed E-state index contributed by atoms with van der Waals surface area (Å²) in [5.74, 6) is 0.968. The maximum atomic E-state index is 3.86. The van der Waals surface area contributed by atoms with Crippen molar-refractivity contribution in [1.82, 2.24) is 9.97 Å². The van der Waals surface area contributed by atoms with Crippen LogP contribution in [-0.4, -0.2) is 20.9 Å². The second-order valence-electron chi connectivity index (χ2n) is 1.17. The average molecular weight is 298 g/mol. The van der Waals surface area contributed by atoms with Gasteiger partial charge in [0, 0.05) is 33.5 Å². The van der Waals surface area contributed by atoms with Crippen LogP contribution < -0.4 is 0 Å². The Bertz CT molecular complexity index is 118. The van der Waals surface area contributed by atoms with Crippen molar-refractivity contribution < 1.29 is 21.1 Å². The topological polar surface area (TPSA) is 28.7 Å². The molecule has 0 fully saturated rings. The van der Waals surface area contributed by atoms with Crippen LogP contribution in [0, 0.1) is 6.92 Å².